The fourth-order valence-corrected chi connectivity index (χ4v) is 4.78. The molecule has 0 spiro atoms. The molecular formula is C30H29FN4O3. The third kappa shape index (κ3) is 5.11. The highest BCUT2D eigenvalue weighted by Gasteiger charge is 2.28. The van der Waals surface area contributed by atoms with Crippen LogP contribution >= 0.6 is 0 Å². The monoisotopic (exact) mass is 512 g/mol. The molecule has 194 valence electrons. The van der Waals surface area contributed by atoms with Crippen LogP contribution in [0.3, 0.4) is 0 Å². The second-order valence-corrected chi connectivity index (χ2v) is 9.15. The third-order valence-corrected chi connectivity index (χ3v) is 6.79. The molecule has 38 heavy (non-hydrogen) atoms. The summed E-state index contributed by atoms with van der Waals surface area (Å²) in [6.45, 7) is 3.52. The molecule has 0 bridgehead atoms. The van der Waals surface area contributed by atoms with E-state index in [2.05, 4.69) is 9.88 Å². The van der Waals surface area contributed by atoms with E-state index in [4.69, 9.17) is 4.74 Å². The molecule has 1 fully saturated rings. The lowest BCUT2D eigenvalue weighted by molar-refractivity contribution is 0.0671. The third-order valence-electron chi connectivity index (χ3n) is 6.79. The summed E-state index contributed by atoms with van der Waals surface area (Å²) in [5.41, 5.74) is 4.65. The van der Waals surface area contributed by atoms with Crippen LogP contribution in [0.25, 0.3) is 16.9 Å². The molecule has 3 amide bonds. The Morgan fingerprint density at radius 1 is 0.842 bits per heavy atom. The van der Waals surface area contributed by atoms with Crippen molar-refractivity contribution in [1.29, 1.82) is 0 Å². The number of methoxy groups -OCH3 is 1. The molecule has 1 N–H and O–H groups in total. The number of carbonyl (C=O) groups is 2. The number of anilines is 1. The number of piperazine rings is 1. The number of hydrogen-bond acceptors (Lipinski definition) is 3. The van der Waals surface area contributed by atoms with Crippen LogP contribution in [-0.2, 0) is 0 Å². The average molecular weight is 513 g/mol. The fraction of sp³-hybridized carbons (Fsp3) is 0.200. The first-order chi connectivity index (χ1) is 18.4. The zero-order valence-electron chi connectivity index (χ0n) is 21.4. The van der Waals surface area contributed by atoms with Crippen molar-refractivity contribution in [3.63, 3.8) is 0 Å². The van der Waals surface area contributed by atoms with Crippen LogP contribution in [0.15, 0.2) is 84.9 Å². The van der Waals surface area contributed by atoms with Crippen LogP contribution in [0.5, 0.6) is 5.75 Å². The van der Waals surface area contributed by atoms with Crippen molar-refractivity contribution in [3.05, 3.63) is 102 Å². The molecule has 1 aliphatic rings. The van der Waals surface area contributed by atoms with Gasteiger partial charge in [0.25, 0.3) is 5.91 Å². The van der Waals surface area contributed by atoms with Gasteiger partial charge in [0.2, 0.25) is 0 Å². The summed E-state index contributed by atoms with van der Waals surface area (Å²) >= 11 is 0. The highest BCUT2D eigenvalue weighted by atomic mass is 19.1. The van der Waals surface area contributed by atoms with E-state index in [0.717, 1.165) is 28.4 Å². The largest absolute Gasteiger partial charge is 0.497 e. The molecule has 0 unspecified atom stereocenters. The van der Waals surface area contributed by atoms with Crippen molar-refractivity contribution < 1.29 is 18.7 Å². The van der Waals surface area contributed by atoms with E-state index >= 15 is 0 Å². The Morgan fingerprint density at radius 3 is 2.26 bits per heavy atom. The van der Waals surface area contributed by atoms with Gasteiger partial charge in [-0.2, -0.15) is 0 Å². The molecule has 0 aliphatic carbocycles. The van der Waals surface area contributed by atoms with Crippen molar-refractivity contribution in [2.75, 3.05) is 38.6 Å². The minimum atomic E-state index is -0.413. The van der Waals surface area contributed by atoms with Gasteiger partial charge in [0.05, 0.1) is 18.4 Å². The van der Waals surface area contributed by atoms with Crippen LogP contribution in [-0.4, -0.2) is 59.6 Å². The molecule has 0 radical (unpaired) electrons. The van der Waals surface area contributed by atoms with Crippen molar-refractivity contribution in [2.45, 2.75) is 6.92 Å². The van der Waals surface area contributed by atoms with Gasteiger partial charge in [-0.05, 0) is 48.9 Å². The summed E-state index contributed by atoms with van der Waals surface area (Å²) in [4.78, 5) is 29.8. The highest BCUT2D eigenvalue weighted by molar-refractivity contribution is 5.97. The minimum absolute atomic E-state index is 0.0773. The smallest absolute Gasteiger partial charge is 0.321 e. The molecule has 0 atom stereocenters. The molecule has 3 aromatic carbocycles. The lowest BCUT2D eigenvalue weighted by Gasteiger charge is -2.34. The molecular weight excluding hydrogens is 483 g/mol. The summed E-state index contributed by atoms with van der Waals surface area (Å²) in [7, 11) is 1.63. The van der Waals surface area contributed by atoms with Crippen LogP contribution in [0.1, 0.15) is 16.1 Å². The van der Waals surface area contributed by atoms with Gasteiger partial charge in [-0.25, -0.2) is 9.18 Å². The van der Waals surface area contributed by atoms with E-state index in [1.165, 1.54) is 12.1 Å². The van der Waals surface area contributed by atoms with Crippen molar-refractivity contribution in [3.8, 4) is 22.7 Å². The number of nitrogens with one attached hydrogen (secondary N) is 1. The van der Waals surface area contributed by atoms with Crippen LogP contribution in [0, 0.1) is 12.7 Å². The molecule has 1 saturated heterocycles. The Balaban J connectivity index is 1.37. The first-order valence-corrected chi connectivity index (χ1v) is 12.5. The molecule has 8 heteroatoms. The van der Waals surface area contributed by atoms with Crippen LogP contribution in [0.2, 0.25) is 0 Å². The normalized spacial score (nSPS) is 13.3. The van der Waals surface area contributed by atoms with Crippen molar-refractivity contribution in [1.82, 2.24) is 14.4 Å². The van der Waals surface area contributed by atoms with E-state index in [0.29, 0.717) is 37.4 Å². The second-order valence-electron chi connectivity index (χ2n) is 9.15. The molecule has 5 rings (SSSR count). The molecule has 0 saturated carbocycles. The number of amides is 3. The van der Waals surface area contributed by atoms with E-state index in [9.17, 15) is 14.0 Å². The Labute approximate surface area is 221 Å². The lowest BCUT2D eigenvalue weighted by atomic mass is 10.1. The summed E-state index contributed by atoms with van der Waals surface area (Å²) in [6, 6.07) is 25.1. The van der Waals surface area contributed by atoms with E-state index < -0.39 is 5.82 Å². The number of benzene rings is 3. The minimum Gasteiger partial charge on any atom is -0.497 e. The molecule has 1 aliphatic heterocycles. The number of hydrogen-bond donors (Lipinski definition) is 1. The summed E-state index contributed by atoms with van der Waals surface area (Å²) in [6.07, 6.45) is 0. The van der Waals surface area contributed by atoms with Crippen LogP contribution in [0.4, 0.5) is 14.9 Å². The highest BCUT2D eigenvalue weighted by Crippen LogP contribution is 2.31. The topological polar surface area (TPSA) is 66.8 Å². The summed E-state index contributed by atoms with van der Waals surface area (Å²) in [5.74, 6) is 0.242. The second kappa shape index (κ2) is 10.8. The number of aromatic nitrogens is 1. The molecule has 1 aromatic heterocycles. The van der Waals surface area contributed by atoms with Gasteiger partial charge in [-0.3, -0.25) is 4.79 Å². The van der Waals surface area contributed by atoms with Gasteiger partial charge in [-0.1, -0.05) is 42.5 Å². The maximum Gasteiger partial charge on any atom is 0.321 e. The van der Waals surface area contributed by atoms with Gasteiger partial charge in [-0.15, -0.1) is 0 Å². The Kier molecular flexibility index (Phi) is 7.13. The van der Waals surface area contributed by atoms with Crippen LogP contribution < -0.4 is 10.1 Å². The van der Waals surface area contributed by atoms with Gasteiger partial charge in [0.15, 0.2) is 0 Å². The van der Waals surface area contributed by atoms with E-state index in [1.807, 2.05) is 67.6 Å². The quantitative estimate of drug-likeness (QED) is 0.379. The van der Waals surface area contributed by atoms with E-state index in [-0.39, 0.29) is 11.9 Å². The van der Waals surface area contributed by atoms with Gasteiger partial charge < -0.3 is 24.4 Å². The summed E-state index contributed by atoms with van der Waals surface area (Å²) in [5, 5.41) is 2.72. The van der Waals surface area contributed by atoms with Crippen molar-refractivity contribution in [2.24, 2.45) is 0 Å². The number of carbonyl (C=O) groups excluding carboxylic acids is 2. The number of nitrogens with zero attached hydrogens (tertiary/aromatic N) is 3. The first-order valence-electron chi connectivity index (χ1n) is 12.5. The standard InChI is InChI=1S/C30H29FN4O3/c1-21-27(20-28(22-8-4-3-5-9-22)35(21)25-12-7-13-26(19-25)38-2)29(36)33-14-16-34(17-15-33)30(37)32-24-11-6-10-23(31)18-24/h3-13,18-20H,14-17H2,1-2H3,(H,32,37). The Hall–Kier alpha value is -4.59. The predicted octanol–water partition coefficient (Wildman–Crippen LogP) is 5.59. The molecule has 7 nitrogen and oxygen atoms in total. The van der Waals surface area contributed by atoms with Gasteiger partial charge in [0.1, 0.15) is 11.6 Å². The SMILES string of the molecule is COc1cccc(-n2c(-c3ccccc3)cc(C(=O)N3CCN(C(=O)Nc4cccc(F)c4)CC3)c2C)c1. The maximum absolute atomic E-state index is 13.7. The van der Waals surface area contributed by atoms with Gasteiger partial charge >= 0.3 is 6.03 Å². The maximum atomic E-state index is 13.7. The van der Waals surface area contributed by atoms with Crippen molar-refractivity contribution >= 4 is 17.6 Å². The number of urea groups is 1. The fourth-order valence-electron chi connectivity index (χ4n) is 4.78. The Morgan fingerprint density at radius 2 is 1.55 bits per heavy atom. The molecule has 2 heterocycles. The predicted molar refractivity (Wildman–Crippen MR) is 145 cm³/mol. The summed E-state index contributed by atoms with van der Waals surface area (Å²) < 4.78 is 21.0. The number of halogens is 1. The number of ether oxygens (including phenoxy) is 1. The number of rotatable bonds is 5. The zero-order valence-corrected chi connectivity index (χ0v) is 21.4. The average Bonchev–Trinajstić information content (AvgIpc) is 3.30. The van der Waals surface area contributed by atoms with E-state index in [1.54, 1.807) is 29.0 Å². The Bertz CT molecular complexity index is 1460. The van der Waals surface area contributed by atoms with Gasteiger partial charge in [0, 0.05) is 49.3 Å². The zero-order chi connectivity index (χ0) is 26.6. The lowest BCUT2D eigenvalue weighted by Crippen LogP contribution is -2.51. The molecule has 4 aromatic rings. The first kappa shape index (κ1) is 25.1.